The van der Waals surface area contributed by atoms with Gasteiger partial charge in [0.1, 0.15) is 5.60 Å². The summed E-state index contributed by atoms with van der Waals surface area (Å²) in [5, 5.41) is 9.15. The molecule has 1 aliphatic rings. The molecule has 0 amide bonds. The summed E-state index contributed by atoms with van der Waals surface area (Å²) in [6, 6.07) is 0. The van der Waals surface area contributed by atoms with E-state index in [9.17, 15) is 4.79 Å². The van der Waals surface area contributed by atoms with E-state index in [1.54, 1.807) is 13.1 Å². The van der Waals surface area contributed by atoms with Crippen molar-refractivity contribution in [1.29, 1.82) is 0 Å². The summed E-state index contributed by atoms with van der Waals surface area (Å²) in [6.45, 7) is 5.26. The lowest BCUT2D eigenvalue weighted by atomic mass is 9.92. The number of hydrogen-bond acceptors (Lipinski definition) is 5. The number of carboxylic acids is 1. The van der Waals surface area contributed by atoms with Crippen molar-refractivity contribution in [2.45, 2.75) is 32.3 Å². The van der Waals surface area contributed by atoms with Crippen LogP contribution in [0.3, 0.4) is 0 Å². The van der Waals surface area contributed by atoms with E-state index < -0.39 is 11.6 Å². The predicted octanol–water partition coefficient (Wildman–Crippen LogP) is 1.53. The molecule has 1 aromatic rings. The van der Waals surface area contributed by atoms with Crippen molar-refractivity contribution in [3.05, 3.63) is 23.3 Å². The van der Waals surface area contributed by atoms with Gasteiger partial charge in [-0.15, -0.1) is 0 Å². The third-order valence-corrected chi connectivity index (χ3v) is 3.30. The summed E-state index contributed by atoms with van der Waals surface area (Å²) >= 11 is 0. The zero-order valence-electron chi connectivity index (χ0n) is 11.2. The van der Waals surface area contributed by atoms with E-state index in [2.05, 4.69) is 9.97 Å². The lowest BCUT2D eigenvalue weighted by Crippen LogP contribution is -2.38. The smallest absolute Gasteiger partial charge is 0.354 e. The van der Waals surface area contributed by atoms with Gasteiger partial charge in [-0.3, -0.25) is 0 Å². The number of nitrogens with zero attached hydrogens (tertiary/aromatic N) is 2. The molecule has 1 aromatic heterocycles. The van der Waals surface area contributed by atoms with Crippen molar-refractivity contribution in [3.63, 3.8) is 0 Å². The molecule has 1 aliphatic heterocycles. The van der Waals surface area contributed by atoms with Gasteiger partial charge in [-0.1, -0.05) is 0 Å². The lowest BCUT2D eigenvalue weighted by molar-refractivity contribution is -0.117. The first-order chi connectivity index (χ1) is 9.09. The summed E-state index contributed by atoms with van der Waals surface area (Å²) in [5.74, 6) is -0.597. The average molecular weight is 266 g/mol. The van der Waals surface area contributed by atoms with Crippen LogP contribution in [0, 0.1) is 6.92 Å². The molecule has 0 saturated carbocycles. The van der Waals surface area contributed by atoms with Crippen molar-refractivity contribution < 1.29 is 19.4 Å². The first-order valence-electron chi connectivity index (χ1n) is 6.38. The summed E-state index contributed by atoms with van der Waals surface area (Å²) in [6.07, 6.45) is 2.83. The summed E-state index contributed by atoms with van der Waals surface area (Å²) < 4.78 is 11.2. The van der Waals surface area contributed by atoms with Crippen LogP contribution in [-0.2, 0) is 15.1 Å². The Balaban J connectivity index is 2.41. The second-order valence-corrected chi connectivity index (χ2v) is 4.57. The topological polar surface area (TPSA) is 81.5 Å². The minimum Gasteiger partial charge on any atom is -0.477 e. The summed E-state index contributed by atoms with van der Waals surface area (Å²) in [7, 11) is 0. The fourth-order valence-corrected chi connectivity index (χ4v) is 2.29. The number of carbonyl (C=O) groups is 1. The van der Waals surface area contributed by atoms with E-state index in [1.807, 2.05) is 6.92 Å². The molecule has 1 saturated heterocycles. The number of carboxylic acid groups (broad SMARTS) is 1. The van der Waals surface area contributed by atoms with Crippen molar-refractivity contribution >= 4 is 5.97 Å². The molecule has 0 bridgehead atoms. The van der Waals surface area contributed by atoms with Gasteiger partial charge < -0.3 is 14.6 Å². The van der Waals surface area contributed by atoms with Crippen LogP contribution in [0.25, 0.3) is 0 Å². The first-order valence-corrected chi connectivity index (χ1v) is 6.38. The van der Waals surface area contributed by atoms with E-state index >= 15 is 0 Å². The number of ether oxygens (including phenoxy) is 2. The van der Waals surface area contributed by atoms with E-state index in [1.165, 1.54) is 0 Å². The number of aryl methyl sites for hydroxylation is 1. The van der Waals surface area contributed by atoms with E-state index in [-0.39, 0.29) is 5.69 Å². The first kappa shape index (κ1) is 13.9. The maximum Gasteiger partial charge on any atom is 0.354 e. The maximum atomic E-state index is 11.2. The molecule has 6 nitrogen and oxygen atoms in total. The third kappa shape index (κ3) is 2.74. The molecule has 0 atom stereocenters. The highest BCUT2D eigenvalue weighted by Gasteiger charge is 2.38. The molecule has 0 unspecified atom stereocenters. The quantitative estimate of drug-likeness (QED) is 0.890. The normalized spacial score (nSPS) is 18.2. The Kier molecular flexibility index (Phi) is 4.11. The number of hydrogen-bond donors (Lipinski definition) is 1. The molecule has 0 spiro atoms. The highest BCUT2D eigenvalue weighted by atomic mass is 16.5. The Bertz CT molecular complexity index is 464. The SMILES string of the molecule is CCOC1(c2ncc(C)c(C(=O)O)n2)CCOCC1. The monoisotopic (exact) mass is 266 g/mol. The second kappa shape index (κ2) is 5.63. The van der Waals surface area contributed by atoms with Gasteiger partial charge in [-0.2, -0.15) is 0 Å². The van der Waals surface area contributed by atoms with Crippen LogP contribution in [0.15, 0.2) is 6.20 Å². The van der Waals surface area contributed by atoms with Gasteiger partial charge >= 0.3 is 5.97 Å². The van der Waals surface area contributed by atoms with E-state index in [4.69, 9.17) is 14.6 Å². The lowest BCUT2D eigenvalue weighted by Gasteiger charge is -2.35. The maximum absolute atomic E-state index is 11.2. The van der Waals surface area contributed by atoms with Crippen LogP contribution < -0.4 is 0 Å². The molecule has 0 aliphatic carbocycles. The number of rotatable bonds is 4. The largest absolute Gasteiger partial charge is 0.477 e. The van der Waals surface area contributed by atoms with Crippen molar-refractivity contribution in [2.24, 2.45) is 0 Å². The minimum absolute atomic E-state index is 0.0376. The third-order valence-electron chi connectivity index (χ3n) is 3.30. The van der Waals surface area contributed by atoms with Crippen LogP contribution in [-0.4, -0.2) is 40.9 Å². The van der Waals surface area contributed by atoms with Crippen molar-refractivity contribution in [3.8, 4) is 0 Å². The van der Waals surface area contributed by atoms with E-state index in [0.717, 1.165) is 0 Å². The molecule has 6 heteroatoms. The zero-order chi connectivity index (χ0) is 13.9. The van der Waals surface area contributed by atoms with Crippen LogP contribution in [0.2, 0.25) is 0 Å². The highest BCUT2D eigenvalue weighted by molar-refractivity contribution is 5.86. The molecule has 1 fully saturated rings. The molecule has 1 N–H and O–H groups in total. The molecular weight excluding hydrogens is 248 g/mol. The van der Waals surface area contributed by atoms with Crippen LogP contribution >= 0.6 is 0 Å². The minimum atomic E-state index is -1.04. The van der Waals surface area contributed by atoms with Crippen LogP contribution in [0.1, 0.15) is 41.6 Å². The van der Waals surface area contributed by atoms with Gasteiger partial charge in [0, 0.05) is 44.4 Å². The molecule has 19 heavy (non-hydrogen) atoms. The Morgan fingerprint density at radius 1 is 1.53 bits per heavy atom. The van der Waals surface area contributed by atoms with Gasteiger partial charge in [-0.25, -0.2) is 14.8 Å². The van der Waals surface area contributed by atoms with Gasteiger partial charge in [-0.05, 0) is 13.8 Å². The average Bonchev–Trinajstić information content (AvgIpc) is 2.40. The van der Waals surface area contributed by atoms with Gasteiger partial charge in [0.2, 0.25) is 0 Å². The standard InChI is InChI=1S/C13H18N2O4/c1-3-19-13(4-6-18-7-5-13)12-14-8-9(2)10(15-12)11(16)17/h8H,3-7H2,1-2H3,(H,16,17). The fraction of sp³-hybridized carbons (Fsp3) is 0.615. The number of aromatic nitrogens is 2. The summed E-state index contributed by atoms with van der Waals surface area (Å²) in [5.41, 5.74) is -0.0317. The highest BCUT2D eigenvalue weighted by Crippen LogP contribution is 2.34. The summed E-state index contributed by atoms with van der Waals surface area (Å²) in [4.78, 5) is 19.6. The van der Waals surface area contributed by atoms with E-state index in [0.29, 0.717) is 44.1 Å². The van der Waals surface area contributed by atoms with Crippen LogP contribution in [0.4, 0.5) is 0 Å². The molecule has 2 heterocycles. The fourth-order valence-electron chi connectivity index (χ4n) is 2.29. The Hall–Kier alpha value is -1.53. The van der Waals surface area contributed by atoms with Crippen molar-refractivity contribution in [2.75, 3.05) is 19.8 Å². The molecule has 2 rings (SSSR count). The molecular formula is C13H18N2O4. The van der Waals surface area contributed by atoms with Crippen molar-refractivity contribution in [1.82, 2.24) is 9.97 Å². The molecule has 104 valence electrons. The Labute approximate surface area is 111 Å². The zero-order valence-corrected chi connectivity index (χ0v) is 11.2. The predicted molar refractivity (Wildman–Crippen MR) is 67.1 cm³/mol. The van der Waals surface area contributed by atoms with Gasteiger partial charge in [0.15, 0.2) is 11.5 Å². The number of aromatic carboxylic acids is 1. The van der Waals surface area contributed by atoms with Crippen LogP contribution in [0.5, 0.6) is 0 Å². The molecule has 0 radical (unpaired) electrons. The molecule has 0 aromatic carbocycles. The Morgan fingerprint density at radius 3 is 2.79 bits per heavy atom. The van der Waals surface area contributed by atoms with Gasteiger partial charge in [0.05, 0.1) is 0 Å². The van der Waals surface area contributed by atoms with Gasteiger partial charge in [0.25, 0.3) is 0 Å². The second-order valence-electron chi connectivity index (χ2n) is 4.57. The Morgan fingerprint density at radius 2 is 2.21 bits per heavy atom.